The second-order valence-electron chi connectivity index (χ2n) is 5.20. The van der Waals surface area contributed by atoms with Crippen molar-refractivity contribution in [2.75, 3.05) is 17.2 Å². The van der Waals surface area contributed by atoms with Crippen LogP contribution < -0.4 is 10.6 Å². The molecule has 3 rings (SSSR count). The molecule has 2 aromatic rings. The van der Waals surface area contributed by atoms with Crippen molar-refractivity contribution in [1.82, 2.24) is 4.98 Å². The van der Waals surface area contributed by atoms with E-state index < -0.39 is 0 Å². The summed E-state index contributed by atoms with van der Waals surface area (Å²) in [5.41, 5.74) is 1.97. The lowest BCUT2D eigenvalue weighted by atomic mass is 10.2. The Labute approximate surface area is 134 Å². The normalized spacial score (nSPS) is 16.6. The molecule has 0 radical (unpaired) electrons. The SMILES string of the molecule is N#Cc1cccnc1Nc1ccc(NC(=O)[C@@H]2CCCO2)cc1. The van der Waals surface area contributed by atoms with Crippen LogP contribution in [0.3, 0.4) is 0 Å². The molecule has 1 fully saturated rings. The molecule has 1 amide bonds. The van der Waals surface area contributed by atoms with Crippen molar-refractivity contribution < 1.29 is 9.53 Å². The molecule has 23 heavy (non-hydrogen) atoms. The Bertz CT molecular complexity index is 731. The number of carbonyl (C=O) groups is 1. The number of aromatic nitrogens is 1. The molecule has 1 aliphatic rings. The van der Waals surface area contributed by atoms with Gasteiger partial charge in [0, 0.05) is 24.2 Å². The lowest BCUT2D eigenvalue weighted by Gasteiger charge is -2.11. The molecular weight excluding hydrogens is 292 g/mol. The first kappa shape index (κ1) is 15.0. The van der Waals surface area contributed by atoms with E-state index in [4.69, 9.17) is 10.00 Å². The van der Waals surface area contributed by atoms with Crippen LogP contribution >= 0.6 is 0 Å². The van der Waals surface area contributed by atoms with Gasteiger partial charge in [-0.1, -0.05) is 0 Å². The predicted molar refractivity (Wildman–Crippen MR) is 86.3 cm³/mol. The summed E-state index contributed by atoms with van der Waals surface area (Å²) in [5.74, 6) is 0.394. The zero-order valence-corrected chi connectivity index (χ0v) is 12.5. The number of ether oxygens (including phenoxy) is 1. The fourth-order valence-corrected chi connectivity index (χ4v) is 2.38. The Kier molecular flexibility index (Phi) is 4.50. The first-order valence-corrected chi connectivity index (χ1v) is 7.41. The van der Waals surface area contributed by atoms with Crippen LogP contribution in [-0.4, -0.2) is 23.6 Å². The number of nitrogens with one attached hydrogen (secondary N) is 2. The fraction of sp³-hybridized carbons (Fsp3) is 0.235. The number of pyridine rings is 1. The van der Waals surface area contributed by atoms with Crippen molar-refractivity contribution in [1.29, 1.82) is 5.26 Å². The number of rotatable bonds is 4. The van der Waals surface area contributed by atoms with E-state index >= 15 is 0 Å². The minimum atomic E-state index is -0.348. The predicted octanol–water partition coefficient (Wildman–Crippen LogP) is 2.81. The van der Waals surface area contributed by atoms with E-state index in [2.05, 4.69) is 21.7 Å². The Morgan fingerprint density at radius 1 is 1.26 bits per heavy atom. The number of nitrogens with zero attached hydrogens (tertiary/aromatic N) is 2. The molecule has 1 atom stereocenters. The zero-order chi connectivity index (χ0) is 16.1. The Balaban J connectivity index is 1.65. The van der Waals surface area contributed by atoms with Crippen LogP contribution in [0.1, 0.15) is 18.4 Å². The molecule has 6 nitrogen and oxygen atoms in total. The number of carbonyl (C=O) groups excluding carboxylic acids is 1. The maximum Gasteiger partial charge on any atom is 0.253 e. The maximum absolute atomic E-state index is 12.0. The van der Waals surface area contributed by atoms with E-state index in [-0.39, 0.29) is 12.0 Å². The third-order valence-electron chi connectivity index (χ3n) is 3.57. The van der Waals surface area contributed by atoms with Crippen LogP contribution in [0.15, 0.2) is 42.6 Å². The van der Waals surface area contributed by atoms with Gasteiger partial charge in [0.15, 0.2) is 0 Å². The van der Waals surface area contributed by atoms with Crippen LogP contribution in [0.4, 0.5) is 17.2 Å². The Morgan fingerprint density at radius 2 is 2.04 bits per heavy atom. The highest BCUT2D eigenvalue weighted by Gasteiger charge is 2.23. The van der Waals surface area contributed by atoms with Gasteiger partial charge in [-0.15, -0.1) is 0 Å². The van der Waals surface area contributed by atoms with Crippen LogP contribution in [0.2, 0.25) is 0 Å². The lowest BCUT2D eigenvalue weighted by molar-refractivity contribution is -0.124. The summed E-state index contributed by atoms with van der Waals surface area (Å²) >= 11 is 0. The van der Waals surface area contributed by atoms with Gasteiger partial charge in [0.2, 0.25) is 0 Å². The van der Waals surface area contributed by atoms with Crippen molar-refractivity contribution >= 4 is 23.1 Å². The van der Waals surface area contributed by atoms with Gasteiger partial charge in [-0.05, 0) is 49.2 Å². The first-order chi connectivity index (χ1) is 11.3. The number of benzene rings is 1. The monoisotopic (exact) mass is 308 g/mol. The summed E-state index contributed by atoms with van der Waals surface area (Å²) in [6.07, 6.45) is 2.97. The average Bonchev–Trinajstić information content (AvgIpc) is 3.12. The highest BCUT2D eigenvalue weighted by molar-refractivity contribution is 5.94. The minimum absolute atomic E-state index is 0.111. The number of amides is 1. The second kappa shape index (κ2) is 6.90. The van der Waals surface area contributed by atoms with E-state index in [1.54, 1.807) is 30.5 Å². The Morgan fingerprint density at radius 3 is 2.74 bits per heavy atom. The summed E-state index contributed by atoms with van der Waals surface area (Å²) in [7, 11) is 0. The smallest absolute Gasteiger partial charge is 0.253 e. The van der Waals surface area contributed by atoms with Gasteiger partial charge in [0.25, 0.3) is 5.91 Å². The van der Waals surface area contributed by atoms with Crippen molar-refractivity contribution in [3.8, 4) is 6.07 Å². The molecule has 0 bridgehead atoms. The molecule has 2 N–H and O–H groups in total. The van der Waals surface area contributed by atoms with Crippen LogP contribution in [0.5, 0.6) is 0 Å². The summed E-state index contributed by atoms with van der Waals surface area (Å²) in [6, 6.07) is 12.7. The third-order valence-corrected chi connectivity index (χ3v) is 3.57. The summed E-state index contributed by atoms with van der Waals surface area (Å²) in [5, 5.41) is 15.0. The number of nitriles is 1. The van der Waals surface area contributed by atoms with E-state index in [9.17, 15) is 4.79 Å². The van der Waals surface area contributed by atoms with Crippen LogP contribution in [0, 0.1) is 11.3 Å². The largest absolute Gasteiger partial charge is 0.368 e. The average molecular weight is 308 g/mol. The molecule has 6 heteroatoms. The molecule has 0 aliphatic carbocycles. The van der Waals surface area contributed by atoms with Crippen molar-refractivity contribution in [2.45, 2.75) is 18.9 Å². The molecule has 2 heterocycles. The number of hydrogen-bond acceptors (Lipinski definition) is 5. The second-order valence-corrected chi connectivity index (χ2v) is 5.20. The van der Waals surface area contributed by atoms with Crippen molar-refractivity contribution in [3.05, 3.63) is 48.2 Å². The van der Waals surface area contributed by atoms with Gasteiger partial charge in [-0.3, -0.25) is 4.79 Å². The molecule has 0 saturated carbocycles. The van der Waals surface area contributed by atoms with Gasteiger partial charge in [-0.25, -0.2) is 4.98 Å². The van der Waals surface area contributed by atoms with E-state index in [0.29, 0.717) is 23.7 Å². The molecule has 0 unspecified atom stereocenters. The minimum Gasteiger partial charge on any atom is -0.368 e. The third kappa shape index (κ3) is 3.65. The fourth-order valence-electron chi connectivity index (χ4n) is 2.38. The number of anilines is 3. The summed E-state index contributed by atoms with van der Waals surface area (Å²) < 4.78 is 5.35. The summed E-state index contributed by atoms with van der Waals surface area (Å²) in [6.45, 7) is 0.645. The quantitative estimate of drug-likeness (QED) is 0.907. The van der Waals surface area contributed by atoms with E-state index in [1.807, 2.05) is 12.1 Å². The van der Waals surface area contributed by atoms with Gasteiger partial charge < -0.3 is 15.4 Å². The Hall–Kier alpha value is -2.91. The maximum atomic E-state index is 12.0. The molecule has 116 valence electrons. The highest BCUT2D eigenvalue weighted by atomic mass is 16.5. The van der Waals surface area contributed by atoms with Crippen LogP contribution in [0.25, 0.3) is 0 Å². The van der Waals surface area contributed by atoms with E-state index in [1.165, 1.54) is 0 Å². The summed E-state index contributed by atoms with van der Waals surface area (Å²) in [4.78, 5) is 16.1. The lowest BCUT2D eigenvalue weighted by Crippen LogP contribution is -2.26. The molecule has 1 aliphatic heterocycles. The van der Waals surface area contributed by atoms with Gasteiger partial charge >= 0.3 is 0 Å². The first-order valence-electron chi connectivity index (χ1n) is 7.41. The standard InChI is InChI=1S/C17H16N4O2/c18-11-12-3-1-9-19-16(12)20-13-5-7-14(8-6-13)21-17(22)15-4-2-10-23-15/h1,3,5-9,15H,2,4,10H2,(H,19,20)(H,21,22)/t15-/m0/s1. The van der Waals surface area contributed by atoms with Gasteiger partial charge in [0.1, 0.15) is 18.0 Å². The zero-order valence-electron chi connectivity index (χ0n) is 12.5. The van der Waals surface area contributed by atoms with Crippen molar-refractivity contribution in [2.24, 2.45) is 0 Å². The highest BCUT2D eigenvalue weighted by Crippen LogP contribution is 2.21. The van der Waals surface area contributed by atoms with Crippen molar-refractivity contribution in [3.63, 3.8) is 0 Å². The van der Waals surface area contributed by atoms with E-state index in [0.717, 1.165) is 18.5 Å². The molecule has 0 spiro atoms. The molecule has 1 saturated heterocycles. The van der Waals surface area contributed by atoms with Gasteiger partial charge in [0.05, 0.1) is 5.56 Å². The molecule has 1 aromatic carbocycles. The number of hydrogen-bond donors (Lipinski definition) is 2. The van der Waals surface area contributed by atoms with Crippen LogP contribution in [-0.2, 0) is 9.53 Å². The molecular formula is C17H16N4O2. The topological polar surface area (TPSA) is 87.0 Å². The molecule has 1 aromatic heterocycles. The van der Waals surface area contributed by atoms with Gasteiger partial charge in [-0.2, -0.15) is 5.26 Å².